The van der Waals surface area contributed by atoms with Gasteiger partial charge in [0.25, 0.3) is 5.82 Å². The fraction of sp³-hybridized carbons (Fsp3) is 0.125. The van der Waals surface area contributed by atoms with Crippen molar-refractivity contribution >= 4 is 22.3 Å². The highest BCUT2D eigenvalue weighted by atomic mass is 16.4. The van der Waals surface area contributed by atoms with E-state index in [9.17, 15) is 0 Å². The molecule has 0 fully saturated rings. The Kier molecular flexibility index (Phi) is 1.67. The molecule has 1 aliphatic heterocycles. The number of pyridine rings is 1. The molecule has 0 saturated carbocycles. The van der Waals surface area contributed by atoms with Crippen molar-refractivity contribution in [1.82, 2.24) is 9.55 Å². The zero-order chi connectivity index (χ0) is 13.3. The smallest absolute Gasteiger partial charge is 0.341 e. The van der Waals surface area contributed by atoms with E-state index in [0.717, 1.165) is 23.2 Å². The third-order valence-electron chi connectivity index (χ3n) is 4.16. The number of aromatic nitrogens is 3. The standard InChI is InChI=1S/C16H12N3O/c1-18-13-12-7-4-8-17-14(12)20-16(13)19-9-10-5-2-3-6-11(10)15(18)19/h2-8H,9H2,1H3/q+1. The maximum Gasteiger partial charge on any atom is 0.341 e. The van der Waals surface area contributed by atoms with E-state index in [-0.39, 0.29) is 0 Å². The summed E-state index contributed by atoms with van der Waals surface area (Å²) >= 11 is 0. The van der Waals surface area contributed by atoms with Crippen molar-refractivity contribution < 1.29 is 8.98 Å². The van der Waals surface area contributed by atoms with Gasteiger partial charge in [-0.25, -0.2) is 9.55 Å². The van der Waals surface area contributed by atoms with Crippen LogP contribution in [0.3, 0.4) is 0 Å². The summed E-state index contributed by atoms with van der Waals surface area (Å²) in [4.78, 5) is 4.31. The molecule has 0 saturated heterocycles. The third-order valence-corrected chi connectivity index (χ3v) is 4.16. The molecule has 4 heterocycles. The van der Waals surface area contributed by atoms with Crippen molar-refractivity contribution in [1.29, 1.82) is 0 Å². The van der Waals surface area contributed by atoms with Crippen LogP contribution in [0.5, 0.6) is 0 Å². The predicted octanol–water partition coefficient (Wildman–Crippen LogP) is 2.64. The van der Waals surface area contributed by atoms with Crippen molar-refractivity contribution in [2.24, 2.45) is 7.05 Å². The lowest BCUT2D eigenvalue weighted by Gasteiger charge is -1.94. The first-order valence-corrected chi connectivity index (χ1v) is 6.68. The average molecular weight is 262 g/mol. The van der Waals surface area contributed by atoms with Crippen LogP contribution in [0.1, 0.15) is 5.56 Å². The Bertz CT molecular complexity index is 994. The highest BCUT2D eigenvalue weighted by Crippen LogP contribution is 2.34. The first kappa shape index (κ1) is 10.2. The molecular formula is C16H12N3O+. The minimum absolute atomic E-state index is 0.708. The van der Waals surface area contributed by atoms with Gasteiger partial charge in [-0.1, -0.05) is 18.2 Å². The maximum absolute atomic E-state index is 5.98. The Hall–Kier alpha value is -2.62. The number of fused-ring (bicyclic) bond motifs is 7. The number of imidazole rings is 1. The van der Waals surface area contributed by atoms with Crippen LogP contribution in [0, 0.1) is 0 Å². The van der Waals surface area contributed by atoms with Gasteiger partial charge in [0.2, 0.25) is 11.2 Å². The van der Waals surface area contributed by atoms with Gasteiger partial charge < -0.3 is 4.42 Å². The second-order valence-electron chi connectivity index (χ2n) is 5.24. The summed E-state index contributed by atoms with van der Waals surface area (Å²) in [6.45, 7) is 0.864. The molecular weight excluding hydrogens is 250 g/mol. The first-order valence-electron chi connectivity index (χ1n) is 6.68. The minimum atomic E-state index is 0.708. The largest absolute Gasteiger partial charge is 0.400 e. The molecule has 1 aromatic carbocycles. The van der Waals surface area contributed by atoms with Crippen LogP contribution in [0.2, 0.25) is 0 Å². The van der Waals surface area contributed by atoms with Crippen molar-refractivity contribution in [3.05, 3.63) is 48.2 Å². The Morgan fingerprint density at radius 3 is 3.05 bits per heavy atom. The van der Waals surface area contributed by atoms with Gasteiger partial charge in [-0.15, -0.1) is 0 Å². The molecule has 5 rings (SSSR count). The Morgan fingerprint density at radius 1 is 1.20 bits per heavy atom. The molecule has 0 N–H and O–H groups in total. The summed E-state index contributed by atoms with van der Waals surface area (Å²) in [5, 5.41) is 1.07. The molecule has 3 aromatic heterocycles. The van der Waals surface area contributed by atoms with Gasteiger partial charge in [-0.2, -0.15) is 4.57 Å². The summed E-state index contributed by atoms with van der Waals surface area (Å²) in [6.07, 6.45) is 1.77. The van der Waals surface area contributed by atoms with Crippen molar-refractivity contribution in [3.8, 4) is 11.4 Å². The van der Waals surface area contributed by atoms with Gasteiger partial charge in [-0.3, -0.25) is 0 Å². The molecule has 0 unspecified atom stereocenters. The maximum atomic E-state index is 5.98. The fourth-order valence-electron chi connectivity index (χ4n) is 3.32. The van der Waals surface area contributed by atoms with E-state index in [0.29, 0.717) is 5.71 Å². The fourth-order valence-corrected chi connectivity index (χ4v) is 3.32. The number of furan rings is 1. The molecule has 0 bridgehead atoms. The lowest BCUT2D eigenvalue weighted by atomic mass is 10.1. The third kappa shape index (κ3) is 1.04. The number of rotatable bonds is 0. The van der Waals surface area contributed by atoms with Gasteiger partial charge in [0, 0.05) is 11.8 Å². The molecule has 1 aliphatic rings. The number of nitrogens with zero attached hydrogens (tertiary/aromatic N) is 3. The van der Waals surface area contributed by atoms with Crippen molar-refractivity contribution in [2.45, 2.75) is 6.54 Å². The van der Waals surface area contributed by atoms with Gasteiger partial charge >= 0.3 is 5.71 Å². The van der Waals surface area contributed by atoms with Gasteiger partial charge in [0.15, 0.2) is 0 Å². The number of aryl methyl sites for hydroxylation is 1. The summed E-state index contributed by atoms with van der Waals surface area (Å²) in [6, 6.07) is 12.5. The summed E-state index contributed by atoms with van der Waals surface area (Å²) in [5.74, 6) is 1.21. The molecule has 4 aromatic rings. The van der Waals surface area contributed by atoms with E-state index in [1.165, 1.54) is 17.0 Å². The molecule has 20 heavy (non-hydrogen) atoms. The number of hydrogen-bond donors (Lipinski definition) is 0. The normalized spacial score (nSPS) is 13.1. The molecule has 4 nitrogen and oxygen atoms in total. The van der Waals surface area contributed by atoms with Crippen molar-refractivity contribution in [3.63, 3.8) is 0 Å². The van der Waals surface area contributed by atoms with Crippen LogP contribution in [0.15, 0.2) is 47.0 Å². The SMILES string of the molecule is Cn1c2[n+](c3oc4ncccc4c31)Cc1ccccc1-2. The Labute approximate surface area is 114 Å². The summed E-state index contributed by atoms with van der Waals surface area (Å²) in [5.41, 5.74) is 5.37. The van der Waals surface area contributed by atoms with Crippen LogP contribution in [0.25, 0.3) is 33.7 Å². The summed E-state index contributed by atoms with van der Waals surface area (Å²) in [7, 11) is 2.10. The van der Waals surface area contributed by atoms with Crippen LogP contribution < -0.4 is 4.57 Å². The number of hydrogen-bond acceptors (Lipinski definition) is 2. The van der Waals surface area contributed by atoms with Crippen LogP contribution in [-0.2, 0) is 13.6 Å². The minimum Gasteiger partial charge on any atom is -0.400 e. The predicted molar refractivity (Wildman–Crippen MR) is 75.2 cm³/mol. The van der Waals surface area contributed by atoms with Crippen LogP contribution in [0.4, 0.5) is 0 Å². The summed E-state index contributed by atoms with van der Waals surface area (Å²) < 4.78 is 10.4. The molecule has 0 spiro atoms. The van der Waals surface area contributed by atoms with E-state index in [2.05, 4.69) is 51.5 Å². The monoisotopic (exact) mass is 262 g/mol. The Morgan fingerprint density at radius 2 is 2.10 bits per heavy atom. The lowest BCUT2D eigenvalue weighted by molar-refractivity contribution is -0.652. The van der Waals surface area contributed by atoms with Crippen LogP contribution >= 0.6 is 0 Å². The Balaban J connectivity index is 1.98. The highest BCUT2D eigenvalue weighted by molar-refractivity contribution is 5.99. The van der Waals surface area contributed by atoms with E-state index in [1.54, 1.807) is 6.20 Å². The second-order valence-corrected chi connectivity index (χ2v) is 5.24. The highest BCUT2D eigenvalue weighted by Gasteiger charge is 2.35. The lowest BCUT2D eigenvalue weighted by Crippen LogP contribution is -2.31. The van der Waals surface area contributed by atoms with Crippen LogP contribution in [-0.4, -0.2) is 9.55 Å². The number of benzene rings is 1. The molecule has 0 atom stereocenters. The van der Waals surface area contributed by atoms with Crippen molar-refractivity contribution in [2.75, 3.05) is 0 Å². The first-order chi connectivity index (χ1) is 9.84. The average Bonchev–Trinajstić information content (AvgIpc) is 3.10. The molecule has 0 aliphatic carbocycles. The quantitative estimate of drug-likeness (QED) is 0.402. The van der Waals surface area contributed by atoms with E-state index in [1.807, 2.05) is 6.07 Å². The van der Waals surface area contributed by atoms with Gasteiger partial charge in [0.05, 0.1) is 18.0 Å². The second kappa shape index (κ2) is 3.28. The van der Waals surface area contributed by atoms with Gasteiger partial charge in [0.1, 0.15) is 6.54 Å². The van der Waals surface area contributed by atoms with E-state index >= 15 is 0 Å². The van der Waals surface area contributed by atoms with E-state index < -0.39 is 0 Å². The molecule has 0 radical (unpaired) electrons. The molecule has 0 amide bonds. The zero-order valence-electron chi connectivity index (χ0n) is 11.0. The molecule has 96 valence electrons. The zero-order valence-corrected chi connectivity index (χ0v) is 11.0. The van der Waals surface area contributed by atoms with E-state index in [4.69, 9.17) is 4.42 Å². The topological polar surface area (TPSA) is 34.8 Å². The molecule has 4 heteroatoms. The van der Waals surface area contributed by atoms with Gasteiger partial charge in [-0.05, 0) is 18.2 Å².